The van der Waals surface area contributed by atoms with Gasteiger partial charge in [-0.3, -0.25) is 0 Å². The lowest BCUT2D eigenvalue weighted by molar-refractivity contribution is -0.274. The SMILES string of the molecule is Cc1ccc(Nc2cc(-c3cccc(OC(F)(F)F)c3)nc(NCCCN(C)C)n2)c(Br)c1. The quantitative estimate of drug-likeness (QED) is 0.324. The molecular weight excluding hydrogens is 499 g/mol. The first kappa shape index (κ1) is 24.8. The largest absolute Gasteiger partial charge is 0.573 e. The summed E-state index contributed by atoms with van der Waals surface area (Å²) in [6.45, 7) is 3.53. The highest BCUT2D eigenvalue weighted by atomic mass is 79.9. The van der Waals surface area contributed by atoms with Crippen molar-refractivity contribution < 1.29 is 17.9 Å². The third-order valence-electron chi connectivity index (χ3n) is 4.54. The van der Waals surface area contributed by atoms with Crippen LogP contribution in [0.25, 0.3) is 11.3 Å². The van der Waals surface area contributed by atoms with Crippen molar-refractivity contribution in [2.24, 2.45) is 0 Å². The van der Waals surface area contributed by atoms with Gasteiger partial charge in [-0.1, -0.05) is 18.2 Å². The van der Waals surface area contributed by atoms with Crippen molar-refractivity contribution in [1.29, 1.82) is 0 Å². The second-order valence-corrected chi connectivity index (χ2v) is 8.58. The van der Waals surface area contributed by atoms with Crippen molar-refractivity contribution in [2.45, 2.75) is 19.7 Å². The maximum absolute atomic E-state index is 12.7. The minimum absolute atomic E-state index is 0.310. The van der Waals surface area contributed by atoms with Crippen molar-refractivity contribution in [1.82, 2.24) is 14.9 Å². The number of alkyl halides is 3. The molecule has 1 heterocycles. The summed E-state index contributed by atoms with van der Waals surface area (Å²) in [4.78, 5) is 11.1. The van der Waals surface area contributed by atoms with Crippen LogP contribution in [0.2, 0.25) is 0 Å². The molecule has 2 aromatic carbocycles. The molecule has 0 aliphatic rings. The summed E-state index contributed by atoms with van der Waals surface area (Å²) >= 11 is 3.54. The molecule has 0 fully saturated rings. The molecule has 33 heavy (non-hydrogen) atoms. The van der Waals surface area contributed by atoms with Crippen molar-refractivity contribution >= 4 is 33.4 Å². The third-order valence-corrected chi connectivity index (χ3v) is 5.20. The normalized spacial score (nSPS) is 11.5. The van der Waals surface area contributed by atoms with Gasteiger partial charge in [0.05, 0.1) is 11.4 Å². The van der Waals surface area contributed by atoms with Gasteiger partial charge in [0, 0.05) is 22.6 Å². The summed E-state index contributed by atoms with van der Waals surface area (Å²) in [5, 5.41) is 6.46. The monoisotopic (exact) mass is 523 g/mol. The molecule has 0 saturated heterocycles. The van der Waals surface area contributed by atoms with E-state index in [4.69, 9.17) is 0 Å². The summed E-state index contributed by atoms with van der Waals surface area (Å²) in [6.07, 6.45) is -3.89. The number of nitrogens with one attached hydrogen (secondary N) is 2. The first-order valence-electron chi connectivity index (χ1n) is 10.3. The average molecular weight is 524 g/mol. The van der Waals surface area contributed by atoms with E-state index in [0.717, 1.165) is 28.7 Å². The van der Waals surface area contributed by atoms with Gasteiger partial charge in [-0.15, -0.1) is 13.2 Å². The molecule has 3 aromatic rings. The first-order valence-corrected chi connectivity index (χ1v) is 11.1. The van der Waals surface area contributed by atoms with E-state index < -0.39 is 6.36 Å². The molecule has 3 rings (SSSR count). The fourth-order valence-electron chi connectivity index (χ4n) is 3.05. The van der Waals surface area contributed by atoms with E-state index in [1.165, 1.54) is 18.2 Å². The van der Waals surface area contributed by atoms with Gasteiger partial charge in [-0.2, -0.15) is 4.98 Å². The second-order valence-electron chi connectivity index (χ2n) is 7.73. The van der Waals surface area contributed by atoms with Gasteiger partial charge >= 0.3 is 6.36 Å². The van der Waals surface area contributed by atoms with Crippen LogP contribution in [0.5, 0.6) is 5.75 Å². The molecule has 0 saturated carbocycles. The van der Waals surface area contributed by atoms with Crippen molar-refractivity contribution in [3.63, 3.8) is 0 Å². The Balaban J connectivity index is 1.92. The molecule has 0 atom stereocenters. The van der Waals surface area contributed by atoms with Gasteiger partial charge in [-0.05, 0) is 79.7 Å². The predicted molar refractivity (Wildman–Crippen MR) is 128 cm³/mol. The molecule has 0 unspecified atom stereocenters. The Kier molecular flexibility index (Phi) is 8.15. The number of rotatable bonds is 9. The Morgan fingerprint density at radius 3 is 2.55 bits per heavy atom. The van der Waals surface area contributed by atoms with E-state index in [2.05, 4.69) is 46.2 Å². The molecule has 0 amide bonds. The van der Waals surface area contributed by atoms with E-state index in [-0.39, 0.29) is 5.75 Å². The third kappa shape index (κ3) is 7.90. The van der Waals surface area contributed by atoms with E-state index in [0.29, 0.717) is 29.6 Å². The standard InChI is InChI=1S/C23H25BrF3N5O/c1-15-8-9-19(18(24)12-15)29-21-14-20(30-22(31-21)28-10-5-11-32(2)3)16-6-4-7-17(13-16)33-23(25,26)27/h4,6-9,12-14H,5,10-11H2,1-3H3,(H2,28,29,30,31). The maximum atomic E-state index is 12.7. The highest BCUT2D eigenvalue weighted by molar-refractivity contribution is 9.10. The number of nitrogens with zero attached hydrogens (tertiary/aromatic N) is 3. The van der Waals surface area contributed by atoms with Crippen molar-refractivity contribution in [2.75, 3.05) is 37.8 Å². The lowest BCUT2D eigenvalue weighted by Crippen LogP contribution is -2.17. The molecular formula is C23H25BrF3N5O. The molecule has 0 aliphatic heterocycles. The molecule has 6 nitrogen and oxygen atoms in total. The molecule has 0 radical (unpaired) electrons. The summed E-state index contributed by atoms with van der Waals surface area (Å²) in [5.41, 5.74) is 2.83. The number of benzene rings is 2. The molecule has 2 N–H and O–H groups in total. The molecule has 176 valence electrons. The molecule has 0 bridgehead atoms. The zero-order valence-corrected chi connectivity index (χ0v) is 20.1. The number of aryl methyl sites for hydroxylation is 1. The van der Waals surface area contributed by atoms with Crippen LogP contribution in [-0.4, -0.2) is 48.4 Å². The fourth-order valence-corrected chi connectivity index (χ4v) is 3.64. The molecule has 0 aliphatic carbocycles. The van der Waals surface area contributed by atoms with Gasteiger partial charge in [0.15, 0.2) is 0 Å². The Morgan fingerprint density at radius 1 is 1.06 bits per heavy atom. The van der Waals surface area contributed by atoms with Crippen LogP contribution in [0.1, 0.15) is 12.0 Å². The van der Waals surface area contributed by atoms with Gasteiger partial charge in [0.2, 0.25) is 5.95 Å². The first-order chi connectivity index (χ1) is 15.6. The minimum Gasteiger partial charge on any atom is -0.406 e. The topological polar surface area (TPSA) is 62.3 Å². The lowest BCUT2D eigenvalue weighted by atomic mass is 10.1. The number of hydrogen-bond acceptors (Lipinski definition) is 6. The average Bonchev–Trinajstić information content (AvgIpc) is 2.72. The Bertz CT molecular complexity index is 1090. The maximum Gasteiger partial charge on any atom is 0.573 e. The zero-order valence-electron chi connectivity index (χ0n) is 18.5. The summed E-state index contributed by atoms with van der Waals surface area (Å²) in [7, 11) is 3.99. The fraction of sp³-hybridized carbons (Fsp3) is 0.304. The second kappa shape index (κ2) is 10.8. The van der Waals surface area contributed by atoms with Crippen LogP contribution >= 0.6 is 15.9 Å². The number of hydrogen-bond donors (Lipinski definition) is 2. The molecule has 1 aromatic heterocycles. The van der Waals surface area contributed by atoms with Crippen LogP contribution in [0.3, 0.4) is 0 Å². The van der Waals surface area contributed by atoms with E-state index in [1.54, 1.807) is 12.1 Å². The number of halogens is 4. The van der Waals surface area contributed by atoms with Crippen molar-refractivity contribution in [3.05, 3.63) is 58.6 Å². The van der Waals surface area contributed by atoms with Gasteiger partial charge in [0.1, 0.15) is 11.6 Å². The minimum atomic E-state index is -4.77. The highest BCUT2D eigenvalue weighted by Crippen LogP contribution is 2.31. The Labute approximate surface area is 199 Å². The predicted octanol–water partition coefficient (Wildman–Crippen LogP) is 6.22. The van der Waals surface area contributed by atoms with Crippen LogP contribution in [0, 0.1) is 6.92 Å². The van der Waals surface area contributed by atoms with Crippen molar-refractivity contribution in [3.8, 4) is 17.0 Å². The smallest absolute Gasteiger partial charge is 0.406 e. The van der Waals surface area contributed by atoms with Gasteiger partial charge in [0.25, 0.3) is 0 Å². The van der Waals surface area contributed by atoms with E-state index in [1.807, 2.05) is 39.2 Å². The highest BCUT2D eigenvalue weighted by Gasteiger charge is 2.31. The zero-order chi connectivity index (χ0) is 24.0. The Hall–Kier alpha value is -2.85. The Morgan fingerprint density at radius 2 is 1.85 bits per heavy atom. The number of ether oxygens (including phenoxy) is 1. The number of aromatic nitrogens is 2. The molecule has 0 spiro atoms. The lowest BCUT2D eigenvalue weighted by Gasteiger charge is -2.14. The summed E-state index contributed by atoms with van der Waals surface area (Å²) in [5.74, 6) is 0.566. The number of anilines is 3. The van der Waals surface area contributed by atoms with Crippen LogP contribution in [0.4, 0.5) is 30.6 Å². The van der Waals surface area contributed by atoms with Crippen LogP contribution in [0.15, 0.2) is 53.0 Å². The summed E-state index contributed by atoms with van der Waals surface area (Å²) < 4.78 is 42.9. The van der Waals surface area contributed by atoms with Gasteiger partial charge < -0.3 is 20.3 Å². The van der Waals surface area contributed by atoms with E-state index >= 15 is 0 Å². The van der Waals surface area contributed by atoms with Crippen LogP contribution in [-0.2, 0) is 0 Å². The van der Waals surface area contributed by atoms with E-state index in [9.17, 15) is 13.2 Å². The molecule has 10 heteroatoms. The van der Waals surface area contributed by atoms with Gasteiger partial charge in [-0.25, -0.2) is 4.98 Å². The van der Waals surface area contributed by atoms with Crippen LogP contribution < -0.4 is 15.4 Å². The summed E-state index contributed by atoms with van der Waals surface area (Å²) in [6, 6.07) is 13.3.